The maximum Gasteiger partial charge on any atom is 0.312 e. The molecule has 0 radical (unpaired) electrons. The number of aliphatic carboxylic acids is 1. The molecule has 0 aromatic carbocycles. The van der Waals surface area contributed by atoms with E-state index >= 15 is 0 Å². The zero-order chi connectivity index (χ0) is 17.6. The number of nitrogens with zero attached hydrogens (tertiary/aromatic N) is 3. The first kappa shape index (κ1) is 17.5. The minimum Gasteiger partial charge on any atom is -0.481 e. The zero-order valence-corrected chi connectivity index (χ0v) is 14.5. The summed E-state index contributed by atoms with van der Waals surface area (Å²) >= 11 is 0. The fourth-order valence-corrected chi connectivity index (χ4v) is 3.60. The van der Waals surface area contributed by atoms with E-state index in [0.717, 1.165) is 24.4 Å². The molecule has 1 atom stereocenters. The number of carbonyl (C=O) groups is 1. The number of hydrogen-bond acceptors (Lipinski definition) is 4. The van der Waals surface area contributed by atoms with Crippen LogP contribution in [0.3, 0.4) is 0 Å². The minimum absolute atomic E-state index is 0.363. The van der Waals surface area contributed by atoms with Gasteiger partial charge in [0, 0.05) is 18.9 Å². The van der Waals surface area contributed by atoms with Gasteiger partial charge in [-0.2, -0.15) is 0 Å². The molecule has 0 amide bonds. The summed E-state index contributed by atoms with van der Waals surface area (Å²) in [4.78, 5) is 20.1. The van der Waals surface area contributed by atoms with Crippen LogP contribution in [0.1, 0.15) is 55.7 Å². The molecule has 2 heterocycles. The molecule has 0 aliphatic heterocycles. The van der Waals surface area contributed by atoms with Crippen LogP contribution in [-0.2, 0) is 17.8 Å². The Morgan fingerprint density at radius 1 is 1.28 bits per heavy atom. The average molecular weight is 342 g/mol. The van der Waals surface area contributed by atoms with E-state index in [-0.39, 0.29) is 0 Å². The van der Waals surface area contributed by atoms with Crippen molar-refractivity contribution >= 4 is 11.8 Å². The Balaban J connectivity index is 1.62. The van der Waals surface area contributed by atoms with Crippen molar-refractivity contribution in [2.45, 2.75) is 57.4 Å². The van der Waals surface area contributed by atoms with E-state index < -0.39 is 11.9 Å². The quantitative estimate of drug-likeness (QED) is 0.805. The van der Waals surface area contributed by atoms with Crippen LogP contribution in [0.5, 0.6) is 0 Å². The highest BCUT2D eigenvalue weighted by atomic mass is 16.4. The summed E-state index contributed by atoms with van der Waals surface area (Å²) < 4.78 is 2.03. The molecule has 3 rings (SSSR count). The normalized spacial score (nSPS) is 16.6. The first-order valence-electron chi connectivity index (χ1n) is 9.06. The van der Waals surface area contributed by atoms with Crippen molar-refractivity contribution in [2.75, 3.05) is 5.73 Å². The lowest BCUT2D eigenvalue weighted by Crippen LogP contribution is -2.15. The van der Waals surface area contributed by atoms with Gasteiger partial charge in [-0.25, -0.2) is 9.97 Å². The number of carboxylic acid groups (broad SMARTS) is 1. The molecule has 1 aliphatic rings. The van der Waals surface area contributed by atoms with Gasteiger partial charge in [0.2, 0.25) is 0 Å². The van der Waals surface area contributed by atoms with Gasteiger partial charge in [0.1, 0.15) is 11.7 Å². The van der Waals surface area contributed by atoms with Crippen LogP contribution >= 0.6 is 0 Å². The summed E-state index contributed by atoms with van der Waals surface area (Å²) in [6.45, 7) is 0.910. The van der Waals surface area contributed by atoms with Gasteiger partial charge < -0.3 is 15.4 Å². The third-order valence-electron chi connectivity index (χ3n) is 5.12. The van der Waals surface area contributed by atoms with Crippen LogP contribution in [0, 0.1) is 5.92 Å². The number of imidazole rings is 1. The first-order valence-corrected chi connectivity index (χ1v) is 9.06. The maximum atomic E-state index is 11.7. The number of hydrogen-bond donors (Lipinski definition) is 2. The number of nitrogens with two attached hydrogens (primary N) is 1. The highest BCUT2D eigenvalue weighted by Gasteiger charge is 2.23. The predicted molar refractivity (Wildman–Crippen MR) is 96.1 cm³/mol. The van der Waals surface area contributed by atoms with Crippen LogP contribution in [0.4, 0.5) is 5.82 Å². The van der Waals surface area contributed by atoms with Crippen LogP contribution in [-0.4, -0.2) is 25.6 Å². The second kappa shape index (κ2) is 8.14. The molecule has 0 bridgehead atoms. The van der Waals surface area contributed by atoms with E-state index in [1.54, 1.807) is 18.6 Å². The first-order chi connectivity index (χ1) is 12.1. The highest BCUT2D eigenvalue weighted by molar-refractivity contribution is 5.75. The summed E-state index contributed by atoms with van der Waals surface area (Å²) in [7, 11) is 0. The molecule has 1 fully saturated rings. The second-order valence-corrected chi connectivity index (χ2v) is 7.02. The second-order valence-electron chi connectivity index (χ2n) is 7.02. The number of anilines is 1. The fraction of sp³-hybridized carbons (Fsp3) is 0.526. The summed E-state index contributed by atoms with van der Waals surface area (Å²) in [6.07, 6.45) is 13.5. The van der Waals surface area contributed by atoms with E-state index in [4.69, 9.17) is 5.73 Å². The standard InChI is InChI=1S/C19H26N4O2/c20-18-7-6-15(11-21-18)10-16(19(24)25)17-12-23(13-22-17)9-8-14-4-2-1-3-5-14/h6-7,11-14,16H,1-5,8-10H2,(H2,20,21)(H,24,25)/t16-/m1/s1. The lowest BCUT2D eigenvalue weighted by molar-refractivity contribution is -0.138. The summed E-state index contributed by atoms with van der Waals surface area (Å²) in [5, 5.41) is 9.59. The van der Waals surface area contributed by atoms with E-state index in [1.807, 2.05) is 16.8 Å². The summed E-state index contributed by atoms with van der Waals surface area (Å²) in [6, 6.07) is 3.51. The zero-order valence-electron chi connectivity index (χ0n) is 14.5. The van der Waals surface area contributed by atoms with Crippen molar-refractivity contribution in [3.63, 3.8) is 0 Å². The maximum absolute atomic E-state index is 11.7. The minimum atomic E-state index is -0.866. The topological polar surface area (TPSA) is 94.0 Å². The number of aryl methyl sites for hydroxylation is 1. The molecule has 2 aromatic rings. The van der Waals surface area contributed by atoms with Crippen molar-refractivity contribution in [1.82, 2.24) is 14.5 Å². The lowest BCUT2D eigenvalue weighted by atomic mass is 9.87. The number of rotatable bonds is 7. The third kappa shape index (κ3) is 4.81. The molecular formula is C19H26N4O2. The van der Waals surface area contributed by atoms with Gasteiger partial charge >= 0.3 is 5.97 Å². The van der Waals surface area contributed by atoms with E-state index in [0.29, 0.717) is 17.9 Å². The highest BCUT2D eigenvalue weighted by Crippen LogP contribution is 2.27. The molecule has 0 spiro atoms. The van der Waals surface area contributed by atoms with Crippen LogP contribution in [0.2, 0.25) is 0 Å². The van der Waals surface area contributed by atoms with E-state index in [9.17, 15) is 9.90 Å². The largest absolute Gasteiger partial charge is 0.481 e. The Kier molecular flexibility index (Phi) is 5.68. The number of nitrogen functional groups attached to an aromatic ring is 1. The Hall–Kier alpha value is -2.37. The van der Waals surface area contributed by atoms with Gasteiger partial charge in [-0.05, 0) is 30.4 Å². The molecule has 3 N–H and O–H groups in total. The molecule has 0 saturated heterocycles. The average Bonchev–Trinajstić information content (AvgIpc) is 3.08. The third-order valence-corrected chi connectivity index (χ3v) is 5.12. The monoisotopic (exact) mass is 342 g/mol. The van der Waals surface area contributed by atoms with E-state index in [2.05, 4.69) is 9.97 Å². The van der Waals surface area contributed by atoms with Gasteiger partial charge in [-0.3, -0.25) is 4.79 Å². The predicted octanol–water partition coefficient (Wildman–Crippen LogP) is 3.24. The number of carboxylic acids is 1. The number of pyridine rings is 1. The smallest absolute Gasteiger partial charge is 0.312 e. The van der Waals surface area contributed by atoms with Crippen molar-refractivity contribution < 1.29 is 9.90 Å². The molecule has 25 heavy (non-hydrogen) atoms. The molecule has 6 heteroatoms. The van der Waals surface area contributed by atoms with Crippen LogP contribution in [0.25, 0.3) is 0 Å². The Labute approximate surface area is 148 Å². The SMILES string of the molecule is Nc1ccc(C[C@@H](C(=O)O)c2cn(CCC3CCCCC3)cn2)cn1. The van der Waals surface area contributed by atoms with Gasteiger partial charge in [-0.15, -0.1) is 0 Å². The molecule has 6 nitrogen and oxygen atoms in total. The molecule has 134 valence electrons. The van der Waals surface area contributed by atoms with Gasteiger partial charge in [0.15, 0.2) is 0 Å². The van der Waals surface area contributed by atoms with Crippen molar-refractivity contribution in [2.24, 2.45) is 5.92 Å². The fourth-order valence-electron chi connectivity index (χ4n) is 3.60. The molecule has 0 unspecified atom stereocenters. The summed E-state index contributed by atoms with van der Waals surface area (Å²) in [5.41, 5.74) is 7.03. The van der Waals surface area contributed by atoms with Gasteiger partial charge in [0.25, 0.3) is 0 Å². The van der Waals surface area contributed by atoms with Crippen LogP contribution < -0.4 is 5.73 Å². The lowest BCUT2D eigenvalue weighted by Gasteiger charge is -2.21. The van der Waals surface area contributed by atoms with Crippen molar-refractivity contribution in [3.05, 3.63) is 42.1 Å². The molecule has 1 saturated carbocycles. The number of aromatic nitrogens is 3. The Bertz CT molecular complexity index is 690. The van der Waals surface area contributed by atoms with Crippen molar-refractivity contribution in [3.8, 4) is 0 Å². The van der Waals surface area contributed by atoms with E-state index in [1.165, 1.54) is 32.1 Å². The molecule has 2 aromatic heterocycles. The molecular weight excluding hydrogens is 316 g/mol. The van der Waals surface area contributed by atoms with Gasteiger partial charge in [-0.1, -0.05) is 38.2 Å². The van der Waals surface area contributed by atoms with Crippen molar-refractivity contribution in [1.29, 1.82) is 0 Å². The summed E-state index contributed by atoms with van der Waals surface area (Å²) in [5.74, 6) is -0.297. The Morgan fingerprint density at radius 3 is 2.76 bits per heavy atom. The van der Waals surface area contributed by atoms with Crippen LogP contribution in [0.15, 0.2) is 30.9 Å². The Morgan fingerprint density at radius 2 is 2.08 bits per heavy atom. The molecule has 1 aliphatic carbocycles. The van der Waals surface area contributed by atoms with Gasteiger partial charge in [0.05, 0.1) is 12.0 Å².